The molecule has 1 aromatic carbocycles. The molecule has 32 heavy (non-hydrogen) atoms. The first-order valence-corrected chi connectivity index (χ1v) is 10.8. The normalized spacial score (nSPS) is 21.2. The molecule has 0 bridgehead atoms. The van der Waals surface area contributed by atoms with Crippen molar-refractivity contribution in [1.82, 2.24) is 10.3 Å². The van der Waals surface area contributed by atoms with Crippen molar-refractivity contribution in [2.24, 2.45) is 11.7 Å². The van der Waals surface area contributed by atoms with Crippen molar-refractivity contribution in [2.45, 2.75) is 44.7 Å². The van der Waals surface area contributed by atoms with Crippen molar-refractivity contribution in [3.63, 3.8) is 0 Å². The molecular formula is C24H28FN5O2. The summed E-state index contributed by atoms with van der Waals surface area (Å²) >= 11 is 0. The van der Waals surface area contributed by atoms with E-state index in [-0.39, 0.29) is 23.4 Å². The van der Waals surface area contributed by atoms with Crippen molar-refractivity contribution in [3.8, 4) is 23.1 Å². The van der Waals surface area contributed by atoms with E-state index in [0.717, 1.165) is 19.3 Å². The Labute approximate surface area is 187 Å². The number of halogens is 1. The molecule has 1 saturated carbocycles. The van der Waals surface area contributed by atoms with Gasteiger partial charge in [0.2, 0.25) is 5.88 Å². The van der Waals surface area contributed by atoms with Crippen LogP contribution in [0.4, 0.5) is 10.1 Å². The van der Waals surface area contributed by atoms with E-state index in [9.17, 15) is 14.4 Å². The van der Waals surface area contributed by atoms with Crippen LogP contribution in [-0.4, -0.2) is 42.7 Å². The average Bonchev–Trinajstić information content (AvgIpc) is 3.55. The van der Waals surface area contributed by atoms with Gasteiger partial charge in [0.15, 0.2) is 0 Å². The first-order valence-electron chi connectivity index (χ1n) is 10.8. The summed E-state index contributed by atoms with van der Waals surface area (Å²) in [4.78, 5) is 19.7. The van der Waals surface area contributed by atoms with E-state index in [0.29, 0.717) is 41.4 Å². The maximum atomic E-state index is 14.4. The molecule has 0 spiro atoms. The molecule has 1 unspecified atom stereocenters. The number of ether oxygens (including phenoxy) is 1. The molecule has 2 fully saturated rings. The van der Waals surface area contributed by atoms with Gasteiger partial charge in [-0.3, -0.25) is 4.79 Å². The fourth-order valence-electron chi connectivity index (χ4n) is 4.37. The molecule has 1 saturated heterocycles. The maximum absolute atomic E-state index is 14.4. The predicted molar refractivity (Wildman–Crippen MR) is 120 cm³/mol. The largest absolute Gasteiger partial charge is 0.480 e. The summed E-state index contributed by atoms with van der Waals surface area (Å²) in [6, 6.07) is 6.12. The number of methoxy groups -OCH3 is 1. The van der Waals surface area contributed by atoms with Gasteiger partial charge in [0, 0.05) is 30.9 Å². The lowest BCUT2D eigenvalue weighted by Crippen LogP contribution is -2.40. The topological polar surface area (TPSA) is 104 Å². The fourth-order valence-corrected chi connectivity index (χ4v) is 4.37. The van der Waals surface area contributed by atoms with Crippen LogP contribution in [0.25, 0.3) is 11.1 Å². The molecule has 1 aliphatic heterocycles. The van der Waals surface area contributed by atoms with Crippen LogP contribution in [0.5, 0.6) is 5.88 Å². The minimum atomic E-state index is -0.547. The van der Waals surface area contributed by atoms with Gasteiger partial charge in [-0.2, -0.15) is 5.26 Å². The van der Waals surface area contributed by atoms with Gasteiger partial charge in [0.1, 0.15) is 5.82 Å². The molecule has 1 amide bonds. The van der Waals surface area contributed by atoms with E-state index in [2.05, 4.69) is 10.3 Å². The molecule has 1 aliphatic carbocycles. The Morgan fingerprint density at radius 3 is 2.78 bits per heavy atom. The second-order valence-corrected chi connectivity index (χ2v) is 9.17. The number of carbonyl (C=O) groups is 1. The van der Waals surface area contributed by atoms with Crippen LogP contribution in [0.2, 0.25) is 0 Å². The highest BCUT2D eigenvalue weighted by atomic mass is 19.1. The van der Waals surface area contributed by atoms with Crippen LogP contribution in [0.15, 0.2) is 24.4 Å². The molecule has 0 radical (unpaired) electrons. The second-order valence-electron chi connectivity index (χ2n) is 9.17. The van der Waals surface area contributed by atoms with Crippen molar-refractivity contribution < 1.29 is 13.9 Å². The lowest BCUT2D eigenvalue weighted by atomic mass is 9.98. The van der Waals surface area contributed by atoms with E-state index in [1.54, 1.807) is 6.07 Å². The Bertz CT molecular complexity index is 1090. The summed E-state index contributed by atoms with van der Waals surface area (Å²) in [6.45, 7) is 5.12. The van der Waals surface area contributed by atoms with Crippen LogP contribution in [0.3, 0.4) is 0 Å². The molecule has 2 aliphatic rings. The lowest BCUT2D eigenvalue weighted by Gasteiger charge is -2.27. The molecule has 1 aromatic heterocycles. The number of carbonyl (C=O) groups excluding carboxylic acids is 1. The van der Waals surface area contributed by atoms with Crippen molar-refractivity contribution in [1.29, 1.82) is 5.26 Å². The number of nitriles is 1. The number of rotatable bonds is 6. The van der Waals surface area contributed by atoms with Crippen LogP contribution < -0.4 is 20.7 Å². The Balaban J connectivity index is 1.89. The number of hydrogen-bond acceptors (Lipinski definition) is 6. The number of anilines is 1. The molecule has 2 heterocycles. The van der Waals surface area contributed by atoms with Crippen molar-refractivity contribution in [2.75, 3.05) is 25.1 Å². The summed E-state index contributed by atoms with van der Waals surface area (Å²) in [6.07, 6.45) is 4.46. The minimum Gasteiger partial charge on any atom is -0.480 e. The highest BCUT2D eigenvalue weighted by Gasteiger charge is 2.36. The van der Waals surface area contributed by atoms with Gasteiger partial charge in [0.05, 0.1) is 35.6 Å². The van der Waals surface area contributed by atoms with Gasteiger partial charge in [-0.25, -0.2) is 9.37 Å². The molecule has 7 nitrogen and oxygen atoms in total. The van der Waals surface area contributed by atoms with E-state index in [4.69, 9.17) is 10.5 Å². The van der Waals surface area contributed by atoms with Gasteiger partial charge in [-0.1, -0.05) is 0 Å². The summed E-state index contributed by atoms with van der Waals surface area (Å²) in [7, 11) is 1.48. The van der Waals surface area contributed by atoms with Crippen molar-refractivity contribution in [3.05, 3.63) is 41.3 Å². The number of amides is 1. The van der Waals surface area contributed by atoms with Crippen LogP contribution in [-0.2, 0) is 0 Å². The van der Waals surface area contributed by atoms with Gasteiger partial charge in [-0.05, 0) is 62.8 Å². The Hall–Kier alpha value is -3.18. The van der Waals surface area contributed by atoms with E-state index >= 15 is 0 Å². The zero-order valence-electron chi connectivity index (χ0n) is 18.6. The average molecular weight is 438 g/mol. The SMILES string of the molecule is COc1ncc(C(=O)NC(C)C2CC2)c(N2CC[C@](C)(N)C2)c1-c1cc(F)cc(C#N)c1. The highest BCUT2D eigenvalue weighted by molar-refractivity contribution is 6.04. The fraction of sp³-hybridized carbons (Fsp3) is 0.458. The number of benzene rings is 1. The van der Waals surface area contributed by atoms with Gasteiger partial charge in [-0.15, -0.1) is 0 Å². The number of nitrogens with one attached hydrogen (secondary N) is 1. The summed E-state index contributed by atoms with van der Waals surface area (Å²) in [5.41, 5.74) is 8.03. The third-order valence-electron chi connectivity index (χ3n) is 6.28. The number of hydrogen-bond donors (Lipinski definition) is 2. The van der Waals surface area contributed by atoms with Gasteiger partial charge in [0.25, 0.3) is 5.91 Å². The monoisotopic (exact) mass is 437 g/mol. The lowest BCUT2D eigenvalue weighted by molar-refractivity contribution is 0.0936. The Kier molecular flexibility index (Phi) is 5.78. The van der Waals surface area contributed by atoms with Crippen LogP contribution in [0, 0.1) is 23.1 Å². The maximum Gasteiger partial charge on any atom is 0.255 e. The number of nitrogens with two attached hydrogens (primary N) is 1. The third-order valence-corrected chi connectivity index (χ3v) is 6.28. The smallest absolute Gasteiger partial charge is 0.255 e. The first kappa shape index (κ1) is 22.0. The Morgan fingerprint density at radius 2 is 2.19 bits per heavy atom. The molecule has 168 valence electrons. The minimum absolute atomic E-state index is 0.0543. The molecular weight excluding hydrogens is 409 g/mol. The van der Waals surface area contributed by atoms with Gasteiger partial charge < -0.3 is 20.7 Å². The molecule has 2 atom stereocenters. The van der Waals surface area contributed by atoms with E-state index in [1.807, 2.05) is 24.8 Å². The zero-order chi connectivity index (χ0) is 23.0. The Morgan fingerprint density at radius 1 is 1.44 bits per heavy atom. The molecule has 2 aromatic rings. The zero-order valence-corrected chi connectivity index (χ0v) is 18.6. The third kappa shape index (κ3) is 4.39. The highest BCUT2D eigenvalue weighted by Crippen LogP contribution is 2.43. The number of pyridine rings is 1. The molecule has 3 N–H and O–H groups in total. The van der Waals surface area contributed by atoms with Gasteiger partial charge >= 0.3 is 0 Å². The number of nitrogens with zero attached hydrogens (tertiary/aromatic N) is 3. The quantitative estimate of drug-likeness (QED) is 0.719. The summed E-state index contributed by atoms with van der Waals surface area (Å²) in [5, 5.41) is 12.4. The molecule has 4 rings (SSSR count). The van der Waals surface area contributed by atoms with E-state index in [1.165, 1.54) is 25.4 Å². The first-order chi connectivity index (χ1) is 15.2. The van der Waals surface area contributed by atoms with Crippen LogP contribution in [0.1, 0.15) is 49.0 Å². The predicted octanol–water partition coefficient (Wildman–Crippen LogP) is 3.22. The second kappa shape index (κ2) is 8.40. The summed E-state index contributed by atoms with van der Waals surface area (Å²) < 4.78 is 19.9. The standard InChI is InChI=1S/C24H28FN5O2/c1-14(16-4-5-16)29-22(31)19-12-28-23(32-3)20(17-8-15(11-26)9-18(25)10-17)21(19)30-7-6-24(2,27)13-30/h8-10,12,14,16H,4-7,13,27H2,1-3H3,(H,29,31)/t14?,24-/m0/s1. The van der Waals surface area contributed by atoms with E-state index < -0.39 is 11.4 Å². The molecule has 8 heteroatoms. The van der Waals surface area contributed by atoms with Crippen LogP contribution >= 0.6 is 0 Å². The number of aromatic nitrogens is 1. The summed E-state index contributed by atoms with van der Waals surface area (Å²) in [5.74, 6) is -0.0341. The van der Waals surface area contributed by atoms with Crippen molar-refractivity contribution >= 4 is 11.6 Å².